The van der Waals surface area contributed by atoms with E-state index < -0.39 is 7.37 Å². The minimum atomic E-state index is -2.35. The van der Waals surface area contributed by atoms with Crippen LogP contribution in [0.5, 0.6) is 0 Å². The van der Waals surface area contributed by atoms with Gasteiger partial charge in [-0.05, 0) is 25.8 Å². The molecule has 1 rings (SSSR count). The molecule has 70 valence electrons. The fourth-order valence-electron chi connectivity index (χ4n) is 1.35. The third-order valence-electron chi connectivity index (χ3n) is 1.98. The van der Waals surface area contributed by atoms with Crippen molar-refractivity contribution in [2.45, 2.75) is 20.3 Å². The standard InChI is InChI=1S/C8H14ClO2P/c1-3-11-12(10)5-4-8(9)7(2)6-12/h3-6H2,1-2H3. The highest BCUT2D eigenvalue weighted by molar-refractivity contribution is 7.59. The van der Waals surface area contributed by atoms with Crippen molar-refractivity contribution in [3.05, 3.63) is 10.6 Å². The van der Waals surface area contributed by atoms with Crippen LogP contribution in [-0.2, 0) is 9.09 Å². The Balaban J connectivity index is 2.71. The molecule has 1 heterocycles. The SMILES string of the molecule is CCOP1(=O)CCC(Cl)=C(C)C1. The average Bonchev–Trinajstić information content (AvgIpc) is 1.98. The van der Waals surface area contributed by atoms with E-state index in [1.54, 1.807) is 0 Å². The van der Waals surface area contributed by atoms with E-state index in [2.05, 4.69) is 0 Å². The van der Waals surface area contributed by atoms with Crippen molar-refractivity contribution in [2.24, 2.45) is 0 Å². The number of halogens is 1. The Morgan fingerprint density at radius 3 is 2.83 bits per heavy atom. The molecule has 1 atom stereocenters. The molecule has 1 unspecified atom stereocenters. The Kier molecular flexibility index (Phi) is 3.39. The Bertz CT molecular complexity index is 247. The molecule has 4 heteroatoms. The minimum Gasteiger partial charge on any atom is -0.329 e. The maximum absolute atomic E-state index is 11.9. The van der Waals surface area contributed by atoms with Gasteiger partial charge in [-0.1, -0.05) is 11.6 Å². The first-order valence-corrected chi connectivity index (χ1v) is 6.51. The van der Waals surface area contributed by atoms with Crippen LogP contribution in [0.15, 0.2) is 10.6 Å². The fraction of sp³-hybridized carbons (Fsp3) is 0.750. The van der Waals surface area contributed by atoms with Crippen molar-refractivity contribution in [3.63, 3.8) is 0 Å². The van der Waals surface area contributed by atoms with Crippen LogP contribution in [0.25, 0.3) is 0 Å². The summed E-state index contributed by atoms with van der Waals surface area (Å²) in [6.07, 6.45) is 1.86. The van der Waals surface area contributed by atoms with Gasteiger partial charge in [0.15, 0.2) is 0 Å². The van der Waals surface area contributed by atoms with E-state index in [9.17, 15) is 4.57 Å². The van der Waals surface area contributed by atoms with Gasteiger partial charge in [0.25, 0.3) is 0 Å². The first-order chi connectivity index (χ1) is 5.57. The maximum Gasteiger partial charge on any atom is 0.207 e. The largest absolute Gasteiger partial charge is 0.329 e. The van der Waals surface area contributed by atoms with E-state index in [-0.39, 0.29) is 0 Å². The smallest absolute Gasteiger partial charge is 0.207 e. The summed E-state index contributed by atoms with van der Waals surface area (Å²) in [5.41, 5.74) is 1.03. The molecule has 0 saturated heterocycles. The summed E-state index contributed by atoms with van der Waals surface area (Å²) in [6.45, 7) is 4.32. The molecule has 0 aromatic carbocycles. The van der Waals surface area contributed by atoms with Gasteiger partial charge in [0.05, 0.1) is 6.61 Å². The van der Waals surface area contributed by atoms with E-state index in [0.717, 1.165) is 10.6 Å². The number of hydrogen-bond donors (Lipinski definition) is 0. The van der Waals surface area contributed by atoms with Gasteiger partial charge in [0, 0.05) is 17.4 Å². The second kappa shape index (κ2) is 3.95. The Labute approximate surface area is 78.4 Å². The zero-order chi connectivity index (χ0) is 9.19. The van der Waals surface area contributed by atoms with Crippen LogP contribution in [0.2, 0.25) is 0 Å². The maximum atomic E-state index is 11.9. The lowest BCUT2D eigenvalue weighted by Crippen LogP contribution is -2.07. The average molecular weight is 209 g/mol. The third kappa shape index (κ3) is 2.35. The van der Waals surface area contributed by atoms with E-state index in [1.165, 1.54) is 0 Å². The van der Waals surface area contributed by atoms with Crippen LogP contribution in [0.3, 0.4) is 0 Å². The molecule has 0 fully saturated rings. The van der Waals surface area contributed by atoms with Crippen LogP contribution in [0.4, 0.5) is 0 Å². The molecule has 12 heavy (non-hydrogen) atoms. The predicted octanol–water partition coefficient (Wildman–Crippen LogP) is 3.22. The van der Waals surface area contributed by atoms with Gasteiger partial charge < -0.3 is 4.52 Å². The molecule has 0 radical (unpaired) electrons. The monoisotopic (exact) mass is 208 g/mol. The quantitative estimate of drug-likeness (QED) is 0.652. The number of hydrogen-bond acceptors (Lipinski definition) is 2. The molecule has 0 aromatic rings. The van der Waals surface area contributed by atoms with Crippen LogP contribution in [-0.4, -0.2) is 18.9 Å². The summed E-state index contributed by atoms with van der Waals surface area (Å²) in [4.78, 5) is 0. The Hall–Kier alpha value is 0.220. The topological polar surface area (TPSA) is 26.3 Å². The van der Waals surface area contributed by atoms with Gasteiger partial charge in [-0.15, -0.1) is 0 Å². The molecule has 0 amide bonds. The number of rotatable bonds is 2. The molecule has 1 aliphatic rings. The molecule has 0 bridgehead atoms. The molecular formula is C8H14ClO2P. The summed E-state index contributed by atoms with van der Waals surface area (Å²) in [5.74, 6) is 0. The molecular weight excluding hydrogens is 195 g/mol. The molecule has 0 aliphatic carbocycles. The lowest BCUT2D eigenvalue weighted by molar-refractivity contribution is 0.333. The van der Waals surface area contributed by atoms with Crippen LogP contribution in [0, 0.1) is 0 Å². The van der Waals surface area contributed by atoms with E-state index in [0.29, 0.717) is 25.4 Å². The van der Waals surface area contributed by atoms with Crippen molar-refractivity contribution in [1.29, 1.82) is 0 Å². The lowest BCUT2D eigenvalue weighted by atomic mass is 10.3. The fourth-order valence-corrected chi connectivity index (χ4v) is 4.07. The van der Waals surface area contributed by atoms with E-state index in [1.807, 2.05) is 13.8 Å². The van der Waals surface area contributed by atoms with Crippen molar-refractivity contribution in [2.75, 3.05) is 18.9 Å². The van der Waals surface area contributed by atoms with Crippen LogP contribution >= 0.6 is 19.0 Å². The van der Waals surface area contributed by atoms with Crippen molar-refractivity contribution >= 4 is 19.0 Å². The highest BCUT2D eigenvalue weighted by Crippen LogP contribution is 2.53. The highest BCUT2D eigenvalue weighted by Gasteiger charge is 2.28. The predicted molar refractivity (Wildman–Crippen MR) is 52.1 cm³/mol. The summed E-state index contributed by atoms with van der Waals surface area (Å²) < 4.78 is 17.1. The zero-order valence-electron chi connectivity index (χ0n) is 7.47. The normalized spacial score (nSPS) is 30.9. The zero-order valence-corrected chi connectivity index (χ0v) is 9.12. The summed E-state index contributed by atoms with van der Waals surface area (Å²) in [5, 5.41) is 0.862. The van der Waals surface area contributed by atoms with Crippen LogP contribution in [0.1, 0.15) is 20.3 Å². The van der Waals surface area contributed by atoms with Gasteiger partial charge in [-0.3, -0.25) is 4.57 Å². The molecule has 0 aromatic heterocycles. The van der Waals surface area contributed by atoms with Gasteiger partial charge in [-0.2, -0.15) is 0 Å². The van der Waals surface area contributed by atoms with Crippen molar-refractivity contribution < 1.29 is 9.09 Å². The van der Waals surface area contributed by atoms with E-state index in [4.69, 9.17) is 16.1 Å². The molecule has 0 N–H and O–H groups in total. The summed E-state index contributed by atoms with van der Waals surface area (Å²) in [6, 6.07) is 0. The first-order valence-electron chi connectivity index (χ1n) is 4.14. The van der Waals surface area contributed by atoms with Crippen LogP contribution < -0.4 is 0 Å². The number of allylic oxidation sites excluding steroid dienone is 2. The summed E-state index contributed by atoms with van der Waals surface area (Å²) >= 11 is 5.90. The van der Waals surface area contributed by atoms with E-state index >= 15 is 0 Å². The Morgan fingerprint density at radius 2 is 2.33 bits per heavy atom. The molecule has 2 nitrogen and oxygen atoms in total. The second-order valence-electron chi connectivity index (χ2n) is 3.05. The Morgan fingerprint density at radius 1 is 1.67 bits per heavy atom. The molecule has 0 spiro atoms. The first kappa shape index (κ1) is 10.3. The summed E-state index contributed by atoms with van der Waals surface area (Å²) in [7, 11) is -2.35. The van der Waals surface area contributed by atoms with Gasteiger partial charge in [0.2, 0.25) is 7.37 Å². The highest BCUT2D eigenvalue weighted by atomic mass is 35.5. The van der Waals surface area contributed by atoms with Crippen molar-refractivity contribution in [3.8, 4) is 0 Å². The van der Waals surface area contributed by atoms with Gasteiger partial charge in [0.1, 0.15) is 0 Å². The van der Waals surface area contributed by atoms with Gasteiger partial charge in [-0.25, -0.2) is 0 Å². The van der Waals surface area contributed by atoms with Crippen molar-refractivity contribution in [1.82, 2.24) is 0 Å². The molecule has 1 aliphatic heterocycles. The third-order valence-corrected chi connectivity index (χ3v) is 5.08. The second-order valence-corrected chi connectivity index (χ2v) is 6.16. The van der Waals surface area contributed by atoms with Gasteiger partial charge >= 0.3 is 0 Å². The lowest BCUT2D eigenvalue weighted by Gasteiger charge is -2.23. The molecule has 0 saturated carbocycles. The minimum absolute atomic E-state index is 0.530.